The quantitative estimate of drug-likeness (QED) is 0.827. The van der Waals surface area contributed by atoms with Gasteiger partial charge >= 0.3 is 0 Å². The summed E-state index contributed by atoms with van der Waals surface area (Å²) in [5, 5.41) is 5.39. The zero-order valence-electron chi connectivity index (χ0n) is 12.5. The monoisotopic (exact) mass is 397 g/mol. The van der Waals surface area contributed by atoms with Crippen molar-refractivity contribution in [3.8, 4) is 11.5 Å². The van der Waals surface area contributed by atoms with Crippen LogP contribution in [0.1, 0.15) is 34.0 Å². The van der Waals surface area contributed by atoms with Crippen molar-refractivity contribution in [3.63, 3.8) is 0 Å². The molecule has 1 unspecified atom stereocenters. The number of fused-ring (bicyclic) bond motifs is 1. The Hall–Kier alpha value is -1.64. The third-order valence-corrected chi connectivity index (χ3v) is 4.99. The van der Waals surface area contributed by atoms with Gasteiger partial charge < -0.3 is 20.5 Å². The molecule has 3 rings (SSSR count). The SMILES string of the molecule is CC(NC(=O)c1csc(CN)n1)c1cc2c(cc1Br)OCCO2. The van der Waals surface area contributed by atoms with Crippen molar-refractivity contribution in [2.24, 2.45) is 5.73 Å². The van der Waals surface area contributed by atoms with Gasteiger partial charge in [-0.15, -0.1) is 11.3 Å². The Labute approximate surface area is 146 Å². The third kappa shape index (κ3) is 3.49. The van der Waals surface area contributed by atoms with Crippen LogP contribution >= 0.6 is 27.3 Å². The number of carbonyl (C=O) groups is 1. The third-order valence-electron chi connectivity index (χ3n) is 3.43. The number of benzene rings is 1. The molecule has 23 heavy (non-hydrogen) atoms. The Morgan fingerprint density at radius 1 is 1.43 bits per heavy atom. The van der Waals surface area contributed by atoms with E-state index in [0.29, 0.717) is 37.0 Å². The molecule has 8 heteroatoms. The van der Waals surface area contributed by atoms with Crippen molar-refractivity contribution in [2.45, 2.75) is 19.5 Å². The topological polar surface area (TPSA) is 86.5 Å². The second-order valence-corrected chi connectivity index (χ2v) is 6.84. The van der Waals surface area contributed by atoms with Gasteiger partial charge in [0.1, 0.15) is 23.9 Å². The molecule has 0 fully saturated rings. The van der Waals surface area contributed by atoms with Crippen molar-refractivity contribution in [1.29, 1.82) is 0 Å². The van der Waals surface area contributed by atoms with Gasteiger partial charge in [0.2, 0.25) is 0 Å². The van der Waals surface area contributed by atoms with E-state index in [1.54, 1.807) is 5.38 Å². The van der Waals surface area contributed by atoms with Crippen LogP contribution in [0.3, 0.4) is 0 Å². The predicted molar refractivity (Wildman–Crippen MR) is 91.0 cm³/mol. The molecule has 0 saturated heterocycles. The minimum absolute atomic E-state index is 0.212. The molecule has 0 spiro atoms. The second kappa shape index (κ2) is 6.86. The lowest BCUT2D eigenvalue weighted by molar-refractivity contribution is 0.0935. The van der Waals surface area contributed by atoms with E-state index in [9.17, 15) is 4.79 Å². The average Bonchev–Trinajstić information content (AvgIpc) is 3.03. The number of amides is 1. The number of rotatable bonds is 4. The first-order valence-electron chi connectivity index (χ1n) is 7.13. The molecular weight excluding hydrogens is 382 g/mol. The molecule has 0 radical (unpaired) electrons. The van der Waals surface area contributed by atoms with Crippen LogP contribution in [0.2, 0.25) is 0 Å². The highest BCUT2D eigenvalue weighted by atomic mass is 79.9. The van der Waals surface area contributed by atoms with Crippen LogP contribution in [0, 0.1) is 0 Å². The fraction of sp³-hybridized carbons (Fsp3) is 0.333. The Morgan fingerprint density at radius 3 is 2.78 bits per heavy atom. The molecule has 2 heterocycles. The maximum absolute atomic E-state index is 12.3. The average molecular weight is 398 g/mol. The van der Waals surface area contributed by atoms with E-state index in [0.717, 1.165) is 15.0 Å². The maximum atomic E-state index is 12.3. The minimum atomic E-state index is -0.227. The Bertz CT molecular complexity index is 735. The van der Waals surface area contributed by atoms with Gasteiger partial charge in [0.25, 0.3) is 5.91 Å². The number of halogens is 1. The van der Waals surface area contributed by atoms with Crippen LogP contribution in [0.25, 0.3) is 0 Å². The van der Waals surface area contributed by atoms with Crippen molar-refractivity contribution in [1.82, 2.24) is 10.3 Å². The van der Waals surface area contributed by atoms with Gasteiger partial charge in [-0.3, -0.25) is 4.79 Å². The van der Waals surface area contributed by atoms with E-state index < -0.39 is 0 Å². The molecule has 1 amide bonds. The van der Waals surface area contributed by atoms with Crippen molar-refractivity contribution in [3.05, 3.63) is 38.3 Å². The summed E-state index contributed by atoms with van der Waals surface area (Å²) in [5.41, 5.74) is 6.82. The smallest absolute Gasteiger partial charge is 0.271 e. The second-order valence-electron chi connectivity index (χ2n) is 5.04. The summed E-state index contributed by atoms with van der Waals surface area (Å²) in [6.07, 6.45) is 0. The molecule has 0 bridgehead atoms. The zero-order chi connectivity index (χ0) is 16.4. The van der Waals surface area contributed by atoms with E-state index in [4.69, 9.17) is 15.2 Å². The van der Waals surface area contributed by atoms with E-state index in [2.05, 4.69) is 26.2 Å². The van der Waals surface area contributed by atoms with E-state index in [1.807, 2.05) is 19.1 Å². The lowest BCUT2D eigenvalue weighted by Crippen LogP contribution is -2.27. The Morgan fingerprint density at radius 2 is 2.13 bits per heavy atom. The van der Waals surface area contributed by atoms with Crippen LogP contribution < -0.4 is 20.5 Å². The lowest BCUT2D eigenvalue weighted by atomic mass is 10.1. The number of nitrogens with one attached hydrogen (secondary N) is 1. The molecule has 3 N–H and O–H groups in total. The van der Waals surface area contributed by atoms with E-state index in [-0.39, 0.29) is 11.9 Å². The molecule has 1 aromatic carbocycles. The standard InChI is InChI=1S/C15H16BrN3O3S/c1-8(18-15(20)11-7-23-14(6-17)19-11)9-4-12-13(5-10(9)16)22-3-2-21-12/h4-5,7-8H,2-3,6,17H2,1H3,(H,18,20). The number of hydrogen-bond donors (Lipinski definition) is 2. The first kappa shape index (κ1) is 16.2. The van der Waals surface area contributed by atoms with Gasteiger partial charge in [-0.2, -0.15) is 0 Å². The molecule has 0 aliphatic carbocycles. The highest BCUT2D eigenvalue weighted by molar-refractivity contribution is 9.10. The summed E-state index contributed by atoms with van der Waals surface area (Å²) in [5.74, 6) is 1.17. The first-order chi connectivity index (χ1) is 11.1. The number of nitrogens with zero attached hydrogens (tertiary/aromatic N) is 1. The van der Waals surface area contributed by atoms with E-state index >= 15 is 0 Å². The zero-order valence-corrected chi connectivity index (χ0v) is 14.9. The number of carbonyl (C=O) groups excluding carboxylic acids is 1. The number of aromatic nitrogens is 1. The Kier molecular flexibility index (Phi) is 4.84. The van der Waals surface area contributed by atoms with Crippen LogP contribution in [-0.2, 0) is 6.54 Å². The molecule has 1 atom stereocenters. The molecular formula is C15H16BrN3O3S. The highest BCUT2D eigenvalue weighted by Gasteiger charge is 2.20. The molecule has 1 aliphatic heterocycles. The van der Waals surface area contributed by atoms with Crippen LogP contribution in [0.5, 0.6) is 11.5 Å². The highest BCUT2D eigenvalue weighted by Crippen LogP contribution is 2.37. The fourth-order valence-corrected chi connectivity index (χ4v) is 3.59. The largest absolute Gasteiger partial charge is 0.486 e. The van der Waals surface area contributed by atoms with E-state index in [1.165, 1.54) is 11.3 Å². The van der Waals surface area contributed by atoms with Gasteiger partial charge in [-0.25, -0.2) is 4.98 Å². The van der Waals surface area contributed by atoms with Crippen LogP contribution in [0.15, 0.2) is 22.0 Å². The summed E-state index contributed by atoms with van der Waals surface area (Å²) in [7, 11) is 0. The lowest BCUT2D eigenvalue weighted by Gasteiger charge is -2.22. The van der Waals surface area contributed by atoms with Gasteiger partial charge in [0.05, 0.1) is 6.04 Å². The summed E-state index contributed by atoms with van der Waals surface area (Å²) in [6, 6.07) is 3.54. The van der Waals surface area contributed by atoms with Gasteiger partial charge in [0.15, 0.2) is 11.5 Å². The molecule has 1 aromatic heterocycles. The predicted octanol–water partition coefficient (Wildman–Crippen LogP) is 2.63. The van der Waals surface area contributed by atoms with Crippen LogP contribution in [-0.4, -0.2) is 24.1 Å². The number of ether oxygens (including phenoxy) is 2. The molecule has 1 aliphatic rings. The van der Waals surface area contributed by atoms with Crippen molar-refractivity contribution in [2.75, 3.05) is 13.2 Å². The van der Waals surface area contributed by atoms with Crippen molar-refractivity contribution < 1.29 is 14.3 Å². The van der Waals surface area contributed by atoms with Crippen LogP contribution in [0.4, 0.5) is 0 Å². The molecule has 0 saturated carbocycles. The summed E-state index contributed by atoms with van der Waals surface area (Å²) < 4.78 is 12.0. The summed E-state index contributed by atoms with van der Waals surface area (Å²) >= 11 is 4.90. The summed E-state index contributed by atoms with van der Waals surface area (Å²) in [6.45, 7) is 3.30. The van der Waals surface area contributed by atoms with Gasteiger partial charge in [-0.05, 0) is 24.6 Å². The van der Waals surface area contributed by atoms with Gasteiger partial charge in [0, 0.05) is 16.4 Å². The number of nitrogens with two attached hydrogens (primary N) is 1. The molecule has 6 nitrogen and oxygen atoms in total. The minimum Gasteiger partial charge on any atom is -0.486 e. The number of hydrogen-bond acceptors (Lipinski definition) is 6. The Balaban J connectivity index is 1.77. The molecule has 122 valence electrons. The number of thiazole rings is 1. The maximum Gasteiger partial charge on any atom is 0.271 e. The molecule has 2 aromatic rings. The van der Waals surface area contributed by atoms with Crippen molar-refractivity contribution >= 4 is 33.2 Å². The summed E-state index contributed by atoms with van der Waals surface area (Å²) in [4.78, 5) is 16.5. The van der Waals surface area contributed by atoms with Gasteiger partial charge in [-0.1, -0.05) is 15.9 Å². The fourth-order valence-electron chi connectivity index (χ4n) is 2.27. The normalized spacial score (nSPS) is 14.4. The first-order valence-corrected chi connectivity index (χ1v) is 8.80.